The van der Waals surface area contributed by atoms with E-state index in [1.54, 1.807) is 34.4 Å². The van der Waals surface area contributed by atoms with Gasteiger partial charge in [0, 0.05) is 6.54 Å². The van der Waals surface area contributed by atoms with Crippen molar-refractivity contribution in [3.05, 3.63) is 54.6 Å². The van der Waals surface area contributed by atoms with Gasteiger partial charge in [-0.05, 0) is 48.7 Å². The number of ether oxygens (including phenoxy) is 1. The Morgan fingerprint density at radius 2 is 1.79 bits per heavy atom. The van der Waals surface area contributed by atoms with Gasteiger partial charge in [-0.25, -0.2) is 10.2 Å². The monoisotopic (exact) mass is 404 g/mol. The van der Waals surface area contributed by atoms with Gasteiger partial charge in [-0.1, -0.05) is 32.0 Å². The fourth-order valence-corrected chi connectivity index (χ4v) is 5.92. The van der Waals surface area contributed by atoms with Crippen molar-refractivity contribution in [2.45, 2.75) is 26.3 Å². The third kappa shape index (κ3) is 4.28. The third-order valence-corrected chi connectivity index (χ3v) is 7.22. The molecule has 2 aromatic carbocycles. The number of hydroxylamine groups is 1. The number of para-hydroxylation sites is 1. The first-order valence-corrected chi connectivity index (χ1v) is 10.8. The summed E-state index contributed by atoms with van der Waals surface area (Å²) in [5.74, 6) is 0.558. The van der Waals surface area contributed by atoms with Gasteiger partial charge >= 0.3 is 7.52 Å². The second-order valence-corrected chi connectivity index (χ2v) is 9.27. The third-order valence-electron chi connectivity index (χ3n) is 4.61. The average Bonchev–Trinajstić information content (AvgIpc) is 2.70. The Morgan fingerprint density at radius 3 is 2.39 bits per heavy atom. The largest absolute Gasteiger partial charge is 0.457 e. The molecular formula is C20H25N2O5P. The number of nitrogens with one attached hydrogen (secondary N) is 1. The van der Waals surface area contributed by atoms with Crippen molar-refractivity contribution in [1.29, 1.82) is 0 Å². The van der Waals surface area contributed by atoms with Gasteiger partial charge in [0.1, 0.15) is 17.5 Å². The van der Waals surface area contributed by atoms with E-state index < -0.39 is 19.5 Å². The molecule has 0 spiro atoms. The van der Waals surface area contributed by atoms with Crippen LogP contribution in [0.3, 0.4) is 0 Å². The molecule has 7 nitrogen and oxygen atoms in total. The molecule has 8 heteroatoms. The van der Waals surface area contributed by atoms with E-state index in [2.05, 4.69) is 0 Å². The lowest BCUT2D eigenvalue weighted by Crippen LogP contribution is -2.50. The Hall–Kier alpha value is -2.18. The van der Waals surface area contributed by atoms with Crippen molar-refractivity contribution >= 4 is 18.7 Å². The van der Waals surface area contributed by atoms with E-state index in [0.29, 0.717) is 36.4 Å². The zero-order valence-corrected chi connectivity index (χ0v) is 16.8. The number of amides is 1. The van der Waals surface area contributed by atoms with Gasteiger partial charge in [0.05, 0.1) is 11.9 Å². The molecule has 1 fully saturated rings. The van der Waals surface area contributed by atoms with Crippen molar-refractivity contribution in [2.24, 2.45) is 5.92 Å². The first-order chi connectivity index (χ1) is 13.5. The van der Waals surface area contributed by atoms with Crippen LogP contribution in [0.25, 0.3) is 0 Å². The maximum absolute atomic E-state index is 13.8. The van der Waals surface area contributed by atoms with E-state index >= 15 is 0 Å². The molecule has 2 atom stereocenters. The van der Waals surface area contributed by atoms with E-state index in [-0.39, 0.29) is 5.92 Å². The molecule has 1 aliphatic rings. The second kappa shape index (κ2) is 8.88. The lowest BCUT2D eigenvalue weighted by atomic mass is 10.0. The summed E-state index contributed by atoms with van der Waals surface area (Å²) in [6.45, 7) is 4.47. The summed E-state index contributed by atoms with van der Waals surface area (Å²) < 4.78 is 26.9. The van der Waals surface area contributed by atoms with Crippen molar-refractivity contribution < 1.29 is 23.8 Å². The van der Waals surface area contributed by atoms with Gasteiger partial charge in [0.15, 0.2) is 0 Å². The summed E-state index contributed by atoms with van der Waals surface area (Å²) in [5, 5.41) is 9.62. The van der Waals surface area contributed by atoms with Crippen LogP contribution in [0.15, 0.2) is 54.6 Å². The van der Waals surface area contributed by atoms with Crippen LogP contribution in [-0.2, 0) is 13.9 Å². The first-order valence-electron chi connectivity index (χ1n) is 9.25. The fraction of sp³-hybridized carbons (Fsp3) is 0.350. The van der Waals surface area contributed by atoms with Crippen LogP contribution in [0.2, 0.25) is 0 Å². The fourth-order valence-electron chi connectivity index (χ4n) is 3.32. The van der Waals surface area contributed by atoms with Crippen LogP contribution in [0.1, 0.15) is 20.3 Å². The smallest absolute Gasteiger partial charge is 0.303 e. The molecule has 0 aliphatic carbocycles. The maximum atomic E-state index is 13.8. The normalized spacial score (nSPS) is 21.3. The van der Waals surface area contributed by atoms with Crippen LogP contribution in [0.4, 0.5) is 0 Å². The highest BCUT2D eigenvalue weighted by molar-refractivity contribution is 7.64. The van der Waals surface area contributed by atoms with Crippen molar-refractivity contribution in [3.8, 4) is 11.5 Å². The summed E-state index contributed by atoms with van der Waals surface area (Å²) in [4.78, 5) is 12.2. The predicted octanol–water partition coefficient (Wildman–Crippen LogP) is 3.55. The molecule has 0 aromatic heterocycles. The molecule has 1 aliphatic heterocycles. The van der Waals surface area contributed by atoms with Gasteiger partial charge in [-0.15, -0.1) is 0 Å². The Labute approximate surface area is 164 Å². The van der Waals surface area contributed by atoms with Crippen LogP contribution < -0.4 is 15.5 Å². The first kappa shape index (κ1) is 20.6. The van der Waals surface area contributed by atoms with E-state index in [4.69, 9.17) is 14.5 Å². The minimum atomic E-state index is -3.45. The Kier molecular flexibility index (Phi) is 6.52. The summed E-state index contributed by atoms with van der Waals surface area (Å²) in [5.41, 5.74) is 1.69. The quantitative estimate of drug-likeness (QED) is 0.435. The SMILES string of the molecule is CC(C)[C@H](C(=O)NO)N1CCCOP1(=O)c1ccc(Oc2ccccc2)cc1. The lowest BCUT2D eigenvalue weighted by Gasteiger charge is -2.40. The zero-order valence-electron chi connectivity index (χ0n) is 15.9. The predicted molar refractivity (Wildman–Crippen MR) is 106 cm³/mol. The molecule has 2 N–H and O–H groups in total. The topological polar surface area (TPSA) is 88.1 Å². The van der Waals surface area contributed by atoms with E-state index in [0.717, 1.165) is 0 Å². The standard InChI is InChI=1S/C20H25N2O5P/c1-15(2)19(20(23)21-24)22-13-6-14-26-28(22,25)18-11-9-17(10-12-18)27-16-7-4-3-5-8-16/h3-5,7-12,15,19,24H,6,13-14H2,1-2H3,(H,21,23)/t19-,28?/m1/s1. The lowest BCUT2D eigenvalue weighted by molar-refractivity contribution is -0.135. The van der Waals surface area contributed by atoms with Gasteiger partial charge in [-0.3, -0.25) is 14.6 Å². The van der Waals surface area contributed by atoms with Gasteiger partial charge in [0.25, 0.3) is 5.91 Å². The van der Waals surface area contributed by atoms with Crippen molar-refractivity contribution in [3.63, 3.8) is 0 Å². The Morgan fingerprint density at radius 1 is 1.14 bits per heavy atom. The van der Waals surface area contributed by atoms with Crippen molar-refractivity contribution in [2.75, 3.05) is 13.2 Å². The number of carbonyl (C=O) groups is 1. The summed E-state index contributed by atoms with van der Waals surface area (Å²) in [6.07, 6.45) is 0.654. The number of benzene rings is 2. The number of rotatable bonds is 6. The molecule has 0 radical (unpaired) electrons. The van der Waals surface area contributed by atoms with Crippen molar-refractivity contribution in [1.82, 2.24) is 10.2 Å². The Bertz CT molecular complexity index is 841. The van der Waals surface area contributed by atoms with Crippen LogP contribution in [-0.4, -0.2) is 35.0 Å². The van der Waals surface area contributed by atoms with E-state index in [1.165, 1.54) is 0 Å². The highest BCUT2D eigenvalue weighted by Gasteiger charge is 2.44. The minimum absolute atomic E-state index is 0.164. The summed E-state index contributed by atoms with van der Waals surface area (Å²) in [6, 6.07) is 15.5. The van der Waals surface area contributed by atoms with Crippen LogP contribution >= 0.6 is 7.52 Å². The zero-order chi connectivity index (χ0) is 20.1. The highest BCUT2D eigenvalue weighted by atomic mass is 31.2. The molecule has 0 bridgehead atoms. The molecule has 1 unspecified atom stereocenters. The molecule has 1 saturated heterocycles. The molecule has 2 aromatic rings. The second-order valence-electron chi connectivity index (χ2n) is 6.94. The number of carbonyl (C=O) groups excluding carboxylic acids is 1. The van der Waals surface area contributed by atoms with Gasteiger partial charge in [0.2, 0.25) is 0 Å². The molecule has 3 rings (SSSR count). The molecule has 28 heavy (non-hydrogen) atoms. The molecular weight excluding hydrogens is 379 g/mol. The van der Waals surface area contributed by atoms with Crippen LogP contribution in [0.5, 0.6) is 11.5 Å². The summed E-state index contributed by atoms with van der Waals surface area (Å²) in [7, 11) is -3.45. The number of hydrogen-bond donors (Lipinski definition) is 2. The molecule has 0 saturated carbocycles. The highest BCUT2D eigenvalue weighted by Crippen LogP contribution is 2.54. The molecule has 1 amide bonds. The maximum Gasteiger partial charge on any atom is 0.303 e. The minimum Gasteiger partial charge on any atom is -0.457 e. The van der Waals surface area contributed by atoms with Gasteiger partial charge < -0.3 is 9.26 Å². The molecule has 1 heterocycles. The summed E-state index contributed by atoms with van der Waals surface area (Å²) >= 11 is 0. The average molecular weight is 404 g/mol. The van der Waals surface area contributed by atoms with E-state index in [1.807, 2.05) is 44.2 Å². The van der Waals surface area contributed by atoms with Crippen LogP contribution in [0, 0.1) is 5.92 Å². The Balaban J connectivity index is 1.88. The van der Waals surface area contributed by atoms with E-state index in [9.17, 15) is 9.36 Å². The van der Waals surface area contributed by atoms with Gasteiger partial charge in [-0.2, -0.15) is 0 Å². The number of hydrogen-bond acceptors (Lipinski definition) is 5. The number of nitrogens with zero attached hydrogens (tertiary/aromatic N) is 1. The molecule has 150 valence electrons.